The van der Waals surface area contributed by atoms with Crippen LogP contribution in [0.2, 0.25) is 0 Å². The number of hydrogen-bond donors (Lipinski definition) is 2. The molecule has 2 aliphatic rings. The first kappa shape index (κ1) is 10.1. The van der Waals surface area contributed by atoms with E-state index in [4.69, 9.17) is 0 Å². The van der Waals surface area contributed by atoms with Gasteiger partial charge in [-0.25, -0.2) is 0 Å². The van der Waals surface area contributed by atoms with Gasteiger partial charge in [0.25, 0.3) is 0 Å². The highest BCUT2D eigenvalue weighted by atomic mass is 32.1. The van der Waals surface area contributed by atoms with Crippen LogP contribution in [0, 0.1) is 0 Å². The quantitative estimate of drug-likeness (QED) is 0.777. The number of rotatable bonds is 1. The molecule has 0 radical (unpaired) electrons. The van der Waals surface area contributed by atoms with Crippen LogP contribution in [0.4, 0.5) is 0 Å². The summed E-state index contributed by atoms with van der Waals surface area (Å²) in [5, 5.41) is 11.5. The van der Waals surface area contributed by atoms with Gasteiger partial charge in [-0.15, -0.1) is 0 Å². The summed E-state index contributed by atoms with van der Waals surface area (Å²) in [7, 11) is 0. The van der Waals surface area contributed by atoms with Crippen LogP contribution in [0.1, 0.15) is 24.4 Å². The number of hydrogen-bond acceptors (Lipinski definition) is 3. The van der Waals surface area contributed by atoms with Gasteiger partial charge in [0.15, 0.2) is 0 Å². The van der Waals surface area contributed by atoms with E-state index in [1.165, 1.54) is 16.8 Å². The second-order valence-corrected chi connectivity index (χ2v) is 5.07. The zero-order chi connectivity index (χ0) is 10.8. The molecule has 0 aromatic carbocycles. The summed E-state index contributed by atoms with van der Waals surface area (Å²) in [5.41, 5.74) is 4.30. The summed E-state index contributed by atoms with van der Waals surface area (Å²) >= 11 is 1.76. The first-order valence-corrected chi connectivity index (χ1v) is 6.77. The smallest absolute Gasteiger partial charge is 0.0706 e. The van der Waals surface area contributed by atoms with Crippen LogP contribution in [0.15, 0.2) is 40.2 Å². The average molecular weight is 232 g/mol. The van der Waals surface area contributed by atoms with Crippen molar-refractivity contribution in [1.82, 2.24) is 10.6 Å². The Morgan fingerprint density at radius 3 is 3.06 bits per heavy atom. The predicted molar refractivity (Wildman–Crippen MR) is 68.5 cm³/mol. The largest absolute Gasteiger partial charge is 0.378 e. The molecule has 0 saturated heterocycles. The number of allylic oxidation sites excluding steroid dienone is 1. The van der Waals surface area contributed by atoms with Crippen molar-refractivity contribution < 1.29 is 0 Å². The first-order valence-electron chi connectivity index (χ1n) is 5.83. The Kier molecular flexibility index (Phi) is 2.80. The molecule has 0 aliphatic carbocycles. The maximum absolute atomic E-state index is 3.66. The van der Waals surface area contributed by atoms with Gasteiger partial charge in [0.1, 0.15) is 0 Å². The van der Waals surface area contributed by atoms with Crippen molar-refractivity contribution in [2.45, 2.75) is 18.9 Å². The molecular formula is C13H16N2S. The topological polar surface area (TPSA) is 24.1 Å². The second kappa shape index (κ2) is 4.44. The van der Waals surface area contributed by atoms with E-state index >= 15 is 0 Å². The van der Waals surface area contributed by atoms with E-state index in [2.05, 4.69) is 39.6 Å². The second-order valence-electron chi connectivity index (χ2n) is 4.29. The van der Waals surface area contributed by atoms with Crippen molar-refractivity contribution in [3.05, 3.63) is 45.8 Å². The highest BCUT2D eigenvalue weighted by Crippen LogP contribution is 2.27. The molecule has 1 aromatic rings. The summed E-state index contributed by atoms with van der Waals surface area (Å²) in [5.74, 6) is 0. The van der Waals surface area contributed by atoms with Crippen LogP contribution >= 0.6 is 11.3 Å². The fourth-order valence-electron chi connectivity index (χ4n) is 2.32. The van der Waals surface area contributed by atoms with E-state index in [-0.39, 0.29) is 0 Å². The molecule has 0 saturated carbocycles. The van der Waals surface area contributed by atoms with Gasteiger partial charge in [-0.05, 0) is 47.3 Å². The van der Waals surface area contributed by atoms with Crippen molar-refractivity contribution >= 4 is 11.3 Å². The maximum atomic E-state index is 3.66. The predicted octanol–water partition coefficient (Wildman–Crippen LogP) is 2.59. The Labute approximate surface area is 100 Å². The lowest BCUT2D eigenvalue weighted by molar-refractivity contribution is 0.650. The van der Waals surface area contributed by atoms with Crippen molar-refractivity contribution in [3.8, 4) is 0 Å². The molecule has 2 N–H and O–H groups in total. The lowest BCUT2D eigenvalue weighted by Gasteiger charge is -2.23. The Balaban J connectivity index is 1.81. The summed E-state index contributed by atoms with van der Waals surface area (Å²) in [6.07, 6.45) is 6.86. The third-order valence-corrected chi connectivity index (χ3v) is 3.93. The molecule has 1 unspecified atom stereocenters. The van der Waals surface area contributed by atoms with Gasteiger partial charge in [-0.3, -0.25) is 0 Å². The number of dihydropyridines is 1. The average Bonchev–Trinajstić information content (AvgIpc) is 2.74. The van der Waals surface area contributed by atoms with E-state index in [1.54, 1.807) is 11.3 Å². The summed E-state index contributed by atoms with van der Waals surface area (Å²) in [6, 6.07) is 2.58. The first-order chi connectivity index (χ1) is 7.93. The zero-order valence-corrected chi connectivity index (χ0v) is 10.0. The van der Waals surface area contributed by atoms with Crippen LogP contribution in [0.25, 0.3) is 0 Å². The molecule has 1 aromatic heterocycles. The third-order valence-electron chi connectivity index (χ3n) is 3.23. The summed E-state index contributed by atoms with van der Waals surface area (Å²) in [4.78, 5) is 0. The van der Waals surface area contributed by atoms with Crippen LogP contribution in [-0.4, -0.2) is 13.1 Å². The van der Waals surface area contributed by atoms with Crippen LogP contribution in [0.3, 0.4) is 0 Å². The van der Waals surface area contributed by atoms with Crippen LogP contribution in [-0.2, 0) is 0 Å². The van der Waals surface area contributed by atoms with Gasteiger partial charge >= 0.3 is 0 Å². The number of thiophene rings is 1. The molecule has 0 spiro atoms. The molecule has 2 nitrogen and oxygen atoms in total. The fourth-order valence-corrected chi connectivity index (χ4v) is 3.01. The minimum absolute atomic E-state index is 0.378. The van der Waals surface area contributed by atoms with Gasteiger partial charge < -0.3 is 10.6 Å². The van der Waals surface area contributed by atoms with Gasteiger partial charge in [0.05, 0.1) is 6.04 Å². The highest BCUT2D eigenvalue weighted by Gasteiger charge is 2.17. The van der Waals surface area contributed by atoms with Crippen molar-refractivity contribution in [2.24, 2.45) is 0 Å². The summed E-state index contributed by atoms with van der Waals surface area (Å²) < 4.78 is 0. The SMILES string of the molecule is C1=CC(c2ccsc2)NC2=C1CCNCC2. The Hall–Kier alpha value is -1.06. The molecule has 16 heavy (non-hydrogen) atoms. The third kappa shape index (κ3) is 1.93. The summed E-state index contributed by atoms with van der Waals surface area (Å²) in [6.45, 7) is 2.20. The Bertz CT molecular complexity index is 417. The minimum atomic E-state index is 0.378. The van der Waals surface area contributed by atoms with E-state index in [0.717, 1.165) is 25.9 Å². The molecule has 1 atom stereocenters. The maximum Gasteiger partial charge on any atom is 0.0706 e. The minimum Gasteiger partial charge on any atom is -0.378 e. The molecule has 84 valence electrons. The molecule has 0 bridgehead atoms. The van der Waals surface area contributed by atoms with Crippen molar-refractivity contribution in [3.63, 3.8) is 0 Å². The van der Waals surface area contributed by atoms with Gasteiger partial charge in [0, 0.05) is 12.2 Å². The molecule has 3 rings (SSSR count). The van der Waals surface area contributed by atoms with Crippen molar-refractivity contribution in [1.29, 1.82) is 0 Å². The molecule has 0 amide bonds. The molecule has 0 fully saturated rings. The normalized spacial score (nSPS) is 24.9. The van der Waals surface area contributed by atoms with E-state index in [1.807, 2.05) is 0 Å². The molecule has 2 aliphatic heterocycles. The monoisotopic (exact) mass is 232 g/mol. The highest BCUT2D eigenvalue weighted by molar-refractivity contribution is 7.08. The Morgan fingerprint density at radius 2 is 2.19 bits per heavy atom. The lowest BCUT2D eigenvalue weighted by atomic mass is 10.00. The van der Waals surface area contributed by atoms with Crippen LogP contribution in [0.5, 0.6) is 0 Å². The van der Waals surface area contributed by atoms with E-state index in [9.17, 15) is 0 Å². The van der Waals surface area contributed by atoms with E-state index in [0.29, 0.717) is 6.04 Å². The fraction of sp³-hybridized carbons (Fsp3) is 0.385. The number of nitrogens with one attached hydrogen (secondary N) is 2. The van der Waals surface area contributed by atoms with E-state index < -0.39 is 0 Å². The van der Waals surface area contributed by atoms with Crippen molar-refractivity contribution in [2.75, 3.05) is 13.1 Å². The zero-order valence-electron chi connectivity index (χ0n) is 9.20. The molecule has 3 heterocycles. The molecular weight excluding hydrogens is 216 g/mol. The van der Waals surface area contributed by atoms with Gasteiger partial charge in [-0.2, -0.15) is 11.3 Å². The van der Waals surface area contributed by atoms with Crippen LogP contribution < -0.4 is 10.6 Å². The standard InChI is InChI=1S/C13H16N2S/c1-2-12(11-5-8-16-9-11)15-13-4-7-14-6-3-10(1)13/h1-2,5,8-9,12,14-15H,3-4,6-7H2. The Morgan fingerprint density at radius 1 is 1.25 bits per heavy atom. The molecule has 3 heteroatoms. The lowest BCUT2D eigenvalue weighted by Crippen LogP contribution is -2.23. The van der Waals surface area contributed by atoms with Gasteiger partial charge in [-0.1, -0.05) is 12.2 Å². The van der Waals surface area contributed by atoms with Gasteiger partial charge in [0.2, 0.25) is 0 Å².